The Morgan fingerprint density at radius 2 is 1.86 bits per heavy atom. The van der Waals surface area contributed by atoms with E-state index in [-0.39, 0.29) is 0 Å². The van der Waals surface area contributed by atoms with Crippen molar-refractivity contribution in [3.8, 4) is 5.88 Å². The Balaban J connectivity index is 0.00000116. The van der Waals surface area contributed by atoms with E-state index in [9.17, 15) is 0 Å². The van der Waals surface area contributed by atoms with E-state index in [0.29, 0.717) is 11.8 Å². The minimum atomic E-state index is 0.456. The number of hydrogen-bond donors (Lipinski definition) is 0. The second-order valence-electron chi connectivity index (χ2n) is 6.11. The van der Waals surface area contributed by atoms with Gasteiger partial charge in [-0.25, -0.2) is 4.98 Å². The molecule has 1 fully saturated rings. The molecule has 0 spiro atoms. The Kier molecular flexibility index (Phi) is 8.47. The molecule has 3 nitrogen and oxygen atoms in total. The zero-order valence-corrected chi connectivity index (χ0v) is 15.4. The van der Waals surface area contributed by atoms with Gasteiger partial charge < -0.3 is 9.64 Å². The van der Waals surface area contributed by atoms with Crippen LogP contribution in [0.4, 0.5) is 0 Å². The van der Waals surface area contributed by atoms with Gasteiger partial charge in [0.15, 0.2) is 0 Å². The number of nitrogens with zero attached hydrogens (tertiary/aromatic N) is 2. The van der Waals surface area contributed by atoms with Crippen LogP contribution < -0.4 is 4.74 Å². The smallest absolute Gasteiger partial charge is 0.216 e. The van der Waals surface area contributed by atoms with Crippen LogP contribution in [0.15, 0.2) is 12.1 Å². The van der Waals surface area contributed by atoms with E-state index in [1.807, 2.05) is 13.8 Å². The molecule has 0 radical (unpaired) electrons. The molecule has 2 heterocycles. The van der Waals surface area contributed by atoms with Crippen molar-refractivity contribution in [1.82, 2.24) is 9.88 Å². The fourth-order valence-corrected chi connectivity index (χ4v) is 3.06. The standard InChI is InChI=1S/C17H28N2O.C2H6/c1-5-10-19-11-8-14(9-12-19)16-7-6-15(13(2)3)17(18-16)20-4;1-2/h6-7,13-14H,5,8-12H2,1-4H3;1-2H3. The summed E-state index contributed by atoms with van der Waals surface area (Å²) in [6.07, 6.45) is 3.69. The van der Waals surface area contributed by atoms with Crippen molar-refractivity contribution in [3.05, 3.63) is 23.4 Å². The molecule has 0 amide bonds. The second kappa shape index (κ2) is 9.83. The minimum Gasteiger partial charge on any atom is -0.481 e. The third-order valence-electron chi connectivity index (χ3n) is 4.27. The highest BCUT2D eigenvalue weighted by molar-refractivity contribution is 5.32. The Labute approximate surface area is 137 Å². The summed E-state index contributed by atoms with van der Waals surface area (Å²) < 4.78 is 5.48. The van der Waals surface area contributed by atoms with Gasteiger partial charge in [0.2, 0.25) is 5.88 Å². The van der Waals surface area contributed by atoms with Gasteiger partial charge in [0.05, 0.1) is 7.11 Å². The van der Waals surface area contributed by atoms with E-state index in [4.69, 9.17) is 9.72 Å². The molecular formula is C19H34N2O. The lowest BCUT2D eigenvalue weighted by Crippen LogP contribution is -2.33. The van der Waals surface area contributed by atoms with E-state index in [2.05, 4.69) is 37.8 Å². The molecule has 0 N–H and O–H groups in total. The average Bonchev–Trinajstić information content (AvgIpc) is 2.57. The van der Waals surface area contributed by atoms with Crippen LogP contribution in [0.2, 0.25) is 0 Å². The third-order valence-corrected chi connectivity index (χ3v) is 4.27. The van der Waals surface area contributed by atoms with Crippen molar-refractivity contribution < 1.29 is 4.74 Å². The normalized spacial score (nSPS) is 16.3. The first-order chi connectivity index (χ1) is 10.7. The number of aromatic nitrogens is 1. The molecular weight excluding hydrogens is 272 g/mol. The molecule has 1 aromatic heterocycles. The molecule has 2 rings (SSSR count). The molecule has 1 aliphatic heterocycles. The number of piperidine rings is 1. The maximum atomic E-state index is 5.48. The lowest BCUT2D eigenvalue weighted by atomic mass is 9.92. The van der Waals surface area contributed by atoms with Crippen LogP contribution in [0.1, 0.15) is 77.0 Å². The fourth-order valence-electron chi connectivity index (χ4n) is 3.06. The van der Waals surface area contributed by atoms with Crippen LogP contribution >= 0.6 is 0 Å². The Morgan fingerprint density at radius 1 is 1.23 bits per heavy atom. The number of hydrogen-bond acceptors (Lipinski definition) is 3. The lowest BCUT2D eigenvalue weighted by molar-refractivity contribution is 0.211. The summed E-state index contributed by atoms with van der Waals surface area (Å²) >= 11 is 0. The average molecular weight is 306 g/mol. The second-order valence-corrected chi connectivity index (χ2v) is 6.11. The zero-order valence-electron chi connectivity index (χ0n) is 15.4. The molecule has 0 bridgehead atoms. The monoisotopic (exact) mass is 306 g/mol. The number of rotatable bonds is 5. The van der Waals surface area contributed by atoms with Crippen LogP contribution in [-0.4, -0.2) is 36.6 Å². The van der Waals surface area contributed by atoms with Gasteiger partial charge in [-0.15, -0.1) is 0 Å². The van der Waals surface area contributed by atoms with Gasteiger partial charge in [-0.05, 0) is 50.9 Å². The fraction of sp³-hybridized carbons (Fsp3) is 0.737. The van der Waals surface area contributed by atoms with Crippen LogP contribution in [0.3, 0.4) is 0 Å². The molecule has 0 aliphatic carbocycles. The first-order valence-electron chi connectivity index (χ1n) is 8.92. The molecule has 0 unspecified atom stereocenters. The van der Waals surface area contributed by atoms with Gasteiger partial charge in [-0.2, -0.15) is 0 Å². The summed E-state index contributed by atoms with van der Waals surface area (Å²) in [5, 5.41) is 0. The quantitative estimate of drug-likeness (QED) is 0.779. The van der Waals surface area contributed by atoms with Gasteiger partial charge in [-0.3, -0.25) is 0 Å². The van der Waals surface area contributed by atoms with Gasteiger partial charge in [0.1, 0.15) is 0 Å². The molecule has 0 aromatic carbocycles. The van der Waals surface area contributed by atoms with Gasteiger partial charge in [0.25, 0.3) is 0 Å². The molecule has 0 saturated carbocycles. The summed E-state index contributed by atoms with van der Waals surface area (Å²) in [5.41, 5.74) is 2.42. The Hall–Kier alpha value is -1.09. The van der Waals surface area contributed by atoms with Crippen molar-refractivity contribution in [3.63, 3.8) is 0 Å². The number of methoxy groups -OCH3 is 1. The number of likely N-dealkylation sites (tertiary alicyclic amines) is 1. The lowest BCUT2D eigenvalue weighted by Gasteiger charge is -2.31. The maximum absolute atomic E-state index is 5.48. The van der Waals surface area contributed by atoms with E-state index in [1.165, 1.54) is 50.2 Å². The molecule has 1 aromatic rings. The first-order valence-corrected chi connectivity index (χ1v) is 8.92. The van der Waals surface area contributed by atoms with E-state index in [0.717, 1.165) is 5.88 Å². The number of pyridine rings is 1. The van der Waals surface area contributed by atoms with Crippen LogP contribution in [0.25, 0.3) is 0 Å². The molecule has 3 heteroatoms. The SMILES string of the molecule is CC.CCCN1CCC(c2ccc(C(C)C)c(OC)n2)CC1. The summed E-state index contributed by atoms with van der Waals surface area (Å²) in [7, 11) is 1.72. The predicted octanol–water partition coefficient (Wildman–Crippen LogP) is 4.83. The first kappa shape index (κ1) is 19.0. The van der Waals surface area contributed by atoms with Crippen molar-refractivity contribution >= 4 is 0 Å². The van der Waals surface area contributed by atoms with Gasteiger partial charge in [0, 0.05) is 17.2 Å². The number of ether oxygens (including phenoxy) is 1. The zero-order chi connectivity index (χ0) is 16.5. The van der Waals surface area contributed by atoms with Crippen LogP contribution in [-0.2, 0) is 0 Å². The molecule has 0 atom stereocenters. The van der Waals surface area contributed by atoms with Crippen LogP contribution in [0, 0.1) is 0 Å². The minimum absolute atomic E-state index is 0.456. The van der Waals surface area contributed by atoms with Gasteiger partial charge in [-0.1, -0.05) is 40.7 Å². The van der Waals surface area contributed by atoms with Crippen molar-refractivity contribution in [2.45, 2.75) is 65.7 Å². The van der Waals surface area contributed by atoms with Crippen molar-refractivity contribution in [2.75, 3.05) is 26.7 Å². The van der Waals surface area contributed by atoms with Crippen molar-refractivity contribution in [1.29, 1.82) is 0 Å². The highest BCUT2D eigenvalue weighted by Gasteiger charge is 2.22. The molecule has 126 valence electrons. The van der Waals surface area contributed by atoms with E-state index in [1.54, 1.807) is 7.11 Å². The summed E-state index contributed by atoms with van der Waals surface area (Å²) in [6, 6.07) is 4.41. The van der Waals surface area contributed by atoms with E-state index >= 15 is 0 Å². The summed E-state index contributed by atoms with van der Waals surface area (Å²) in [4.78, 5) is 7.33. The molecule has 1 saturated heterocycles. The van der Waals surface area contributed by atoms with Crippen LogP contribution in [0.5, 0.6) is 5.88 Å². The van der Waals surface area contributed by atoms with Crippen molar-refractivity contribution in [2.24, 2.45) is 0 Å². The Bertz CT molecular complexity index is 423. The van der Waals surface area contributed by atoms with Gasteiger partial charge >= 0.3 is 0 Å². The highest BCUT2D eigenvalue weighted by Crippen LogP contribution is 2.31. The molecule has 22 heavy (non-hydrogen) atoms. The maximum Gasteiger partial charge on any atom is 0.216 e. The van der Waals surface area contributed by atoms with E-state index < -0.39 is 0 Å². The molecule has 1 aliphatic rings. The largest absolute Gasteiger partial charge is 0.481 e. The highest BCUT2D eigenvalue weighted by atomic mass is 16.5. The topological polar surface area (TPSA) is 25.4 Å². The summed E-state index contributed by atoms with van der Waals surface area (Å²) in [5.74, 6) is 1.87. The predicted molar refractivity (Wildman–Crippen MR) is 94.9 cm³/mol. The summed E-state index contributed by atoms with van der Waals surface area (Å²) in [6.45, 7) is 14.3. The third kappa shape index (κ3) is 4.98. The Morgan fingerprint density at radius 3 is 2.36 bits per heavy atom.